The molecule has 4 aromatic rings. The predicted molar refractivity (Wildman–Crippen MR) is 145 cm³/mol. The van der Waals surface area contributed by atoms with Gasteiger partial charge in [-0.15, -0.1) is 0 Å². The zero-order chi connectivity index (χ0) is 26.9. The predicted octanol–water partition coefficient (Wildman–Crippen LogP) is 3.46. The number of nitrogens with one attached hydrogen (secondary N) is 2. The molecule has 2 aromatic carbocycles. The van der Waals surface area contributed by atoms with Crippen molar-refractivity contribution in [3.63, 3.8) is 0 Å². The Balaban J connectivity index is 1.19. The van der Waals surface area contributed by atoms with Gasteiger partial charge >= 0.3 is 0 Å². The molecule has 0 radical (unpaired) electrons. The monoisotopic (exact) mass is 523 g/mol. The lowest BCUT2D eigenvalue weighted by Gasteiger charge is -2.35. The Kier molecular flexibility index (Phi) is 6.40. The number of carbonyl (C=O) groups excluding carboxylic acids is 1. The third-order valence-electron chi connectivity index (χ3n) is 7.22. The number of nitrogens with zero attached hydrogens (tertiary/aromatic N) is 5. The largest absolute Gasteiger partial charge is 0.382 e. The second-order valence-corrected chi connectivity index (χ2v) is 9.97. The summed E-state index contributed by atoms with van der Waals surface area (Å²) in [5, 5.41) is 20.5. The Bertz CT molecular complexity index is 1650. The smallest absolute Gasteiger partial charge is 0.272 e. The van der Waals surface area contributed by atoms with Crippen molar-refractivity contribution >= 4 is 28.2 Å². The fourth-order valence-electron chi connectivity index (χ4n) is 4.90. The number of anilines is 2. The van der Waals surface area contributed by atoms with Crippen LogP contribution in [-0.4, -0.2) is 58.2 Å². The van der Waals surface area contributed by atoms with Gasteiger partial charge in [0.1, 0.15) is 17.7 Å². The molecule has 10 heteroatoms. The number of fused-ring (bicyclic) bond motifs is 1. The molecule has 0 atom stereocenters. The molecular formula is C29H26FN7O2. The molecule has 6 rings (SSSR count). The molecule has 1 aliphatic carbocycles. The Morgan fingerprint density at radius 2 is 1.90 bits per heavy atom. The van der Waals surface area contributed by atoms with Gasteiger partial charge in [-0.25, -0.2) is 14.5 Å². The van der Waals surface area contributed by atoms with Gasteiger partial charge in [0.2, 0.25) is 0 Å². The normalized spacial score (nSPS) is 15.3. The first-order chi connectivity index (χ1) is 19.0. The number of rotatable bonds is 6. The van der Waals surface area contributed by atoms with Crippen LogP contribution in [0.4, 0.5) is 15.9 Å². The number of amides is 1. The lowest BCUT2D eigenvalue weighted by molar-refractivity contribution is 0.0741. The van der Waals surface area contributed by atoms with E-state index < -0.39 is 5.82 Å². The average molecular weight is 524 g/mol. The van der Waals surface area contributed by atoms with Crippen LogP contribution < -0.4 is 15.8 Å². The van der Waals surface area contributed by atoms with Crippen LogP contribution in [0, 0.1) is 17.1 Å². The summed E-state index contributed by atoms with van der Waals surface area (Å²) >= 11 is 0. The number of aromatic amines is 1. The second kappa shape index (κ2) is 10.2. The third kappa shape index (κ3) is 5.16. The number of piperazine rings is 1. The minimum absolute atomic E-state index is 0.0160. The number of hydrogen-bond donors (Lipinski definition) is 2. The van der Waals surface area contributed by atoms with Crippen molar-refractivity contribution < 1.29 is 9.18 Å². The molecule has 1 aliphatic heterocycles. The van der Waals surface area contributed by atoms with E-state index in [-0.39, 0.29) is 17.0 Å². The van der Waals surface area contributed by atoms with Gasteiger partial charge in [-0.1, -0.05) is 6.07 Å². The zero-order valence-electron chi connectivity index (χ0n) is 21.2. The topological polar surface area (TPSA) is 118 Å². The van der Waals surface area contributed by atoms with E-state index in [1.165, 1.54) is 12.3 Å². The van der Waals surface area contributed by atoms with Crippen molar-refractivity contribution in [3.8, 4) is 6.07 Å². The Hall–Kier alpha value is -4.78. The van der Waals surface area contributed by atoms with E-state index in [1.54, 1.807) is 35.2 Å². The van der Waals surface area contributed by atoms with Gasteiger partial charge < -0.3 is 15.1 Å². The van der Waals surface area contributed by atoms with Gasteiger partial charge in [0.05, 0.1) is 22.2 Å². The molecule has 0 bridgehead atoms. The highest BCUT2D eigenvalue weighted by molar-refractivity contribution is 5.95. The van der Waals surface area contributed by atoms with Gasteiger partial charge in [0.15, 0.2) is 0 Å². The van der Waals surface area contributed by atoms with E-state index in [0.717, 1.165) is 35.3 Å². The van der Waals surface area contributed by atoms with Crippen LogP contribution in [0.15, 0.2) is 59.5 Å². The van der Waals surface area contributed by atoms with E-state index in [0.29, 0.717) is 55.3 Å². The summed E-state index contributed by atoms with van der Waals surface area (Å²) < 4.78 is 14.8. The highest BCUT2D eigenvalue weighted by Crippen LogP contribution is 2.28. The third-order valence-corrected chi connectivity index (χ3v) is 7.22. The number of aromatic nitrogens is 3. The minimum atomic E-state index is -0.574. The first kappa shape index (κ1) is 24.6. The summed E-state index contributed by atoms with van der Waals surface area (Å²) in [4.78, 5) is 33.7. The quantitative estimate of drug-likeness (QED) is 0.397. The van der Waals surface area contributed by atoms with E-state index in [2.05, 4.69) is 26.6 Å². The summed E-state index contributed by atoms with van der Waals surface area (Å²) in [5.74, 6) is -0.197. The molecular weight excluding hydrogens is 497 g/mol. The number of nitriles is 1. The first-order valence-corrected chi connectivity index (χ1v) is 12.9. The van der Waals surface area contributed by atoms with Crippen LogP contribution in [0.1, 0.15) is 40.0 Å². The molecule has 0 spiro atoms. The highest BCUT2D eigenvalue weighted by Gasteiger charge is 2.25. The lowest BCUT2D eigenvalue weighted by Crippen LogP contribution is -2.49. The number of hydrogen-bond acceptors (Lipinski definition) is 7. The van der Waals surface area contributed by atoms with Gasteiger partial charge in [-0.05, 0) is 60.9 Å². The molecule has 2 aromatic heterocycles. The van der Waals surface area contributed by atoms with E-state index >= 15 is 0 Å². The van der Waals surface area contributed by atoms with Gasteiger partial charge in [-0.3, -0.25) is 9.59 Å². The maximum absolute atomic E-state index is 14.8. The minimum Gasteiger partial charge on any atom is -0.382 e. The van der Waals surface area contributed by atoms with Crippen LogP contribution >= 0.6 is 0 Å². The fourth-order valence-corrected chi connectivity index (χ4v) is 4.90. The van der Waals surface area contributed by atoms with Crippen molar-refractivity contribution in [2.45, 2.75) is 25.3 Å². The summed E-state index contributed by atoms with van der Waals surface area (Å²) in [6.07, 6.45) is 4.12. The van der Waals surface area contributed by atoms with Crippen LogP contribution in [0.25, 0.3) is 10.8 Å². The second-order valence-electron chi connectivity index (χ2n) is 9.97. The van der Waals surface area contributed by atoms with Gasteiger partial charge in [0, 0.05) is 55.9 Å². The molecule has 2 N–H and O–H groups in total. The molecule has 1 saturated carbocycles. The number of pyridine rings is 1. The van der Waals surface area contributed by atoms with Crippen molar-refractivity contribution in [1.29, 1.82) is 5.26 Å². The number of benzene rings is 2. The van der Waals surface area contributed by atoms with Gasteiger partial charge in [-0.2, -0.15) is 10.4 Å². The Labute approximate surface area is 223 Å². The molecule has 3 heterocycles. The first-order valence-electron chi connectivity index (χ1n) is 12.9. The SMILES string of the molecule is N#Cc1ccc(N2CCN(C(=O)c3cc(Cc4n[nH]c(=O)c5ccc(NC6CC6)cc45)ccc3F)CC2)nc1. The van der Waals surface area contributed by atoms with Crippen molar-refractivity contribution in [1.82, 2.24) is 20.1 Å². The summed E-state index contributed by atoms with van der Waals surface area (Å²) in [7, 11) is 0. The molecule has 1 amide bonds. The van der Waals surface area contributed by atoms with Gasteiger partial charge in [0.25, 0.3) is 11.5 Å². The highest BCUT2D eigenvalue weighted by atomic mass is 19.1. The van der Waals surface area contributed by atoms with Crippen LogP contribution in [0.5, 0.6) is 0 Å². The molecule has 0 unspecified atom stereocenters. The van der Waals surface area contributed by atoms with Crippen LogP contribution in [0.2, 0.25) is 0 Å². The summed E-state index contributed by atoms with van der Waals surface area (Å²) in [6, 6.07) is 16.2. The van der Waals surface area contributed by atoms with E-state index in [9.17, 15) is 14.0 Å². The Morgan fingerprint density at radius 1 is 1.08 bits per heavy atom. The number of H-pyrrole nitrogens is 1. The summed E-state index contributed by atoms with van der Waals surface area (Å²) in [5.41, 5.74) is 2.55. The maximum atomic E-state index is 14.8. The Morgan fingerprint density at radius 3 is 2.62 bits per heavy atom. The average Bonchev–Trinajstić information content (AvgIpc) is 3.79. The number of halogens is 1. The fraction of sp³-hybridized carbons (Fsp3) is 0.276. The van der Waals surface area contributed by atoms with Crippen LogP contribution in [0.3, 0.4) is 0 Å². The van der Waals surface area contributed by atoms with E-state index in [1.807, 2.05) is 17.0 Å². The molecule has 39 heavy (non-hydrogen) atoms. The molecule has 2 aliphatic rings. The van der Waals surface area contributed by atoms with Crippen LogP contribution in [-0.2, 0) is 6.42 Å². The lowest BCUT2D eigenvalue weighted by atomic mass is 10.0. The maximum Gasteiger partial charge on any atom is 0.272 e. The van der Waals surface area contributed by atoms with Crippen molar-refractivity contribution in [2.24, 2.45) is 0 Å². The molecule has 9 nitrogen and oxygen atoms in total. The summed E-state index contributed by atoms with van der Waals surface area (Å²) in [6.45, 7) is 1.95. The molecule has 1 saturated heterocycles. The standard InChI is InChI=1S/C29H26FN7O2/c30-25-7-1-18(14-26-23-15-21(33-20-3-4-20)5-6-22(23)28(38)35-34-26)13-24(25)29(39)37-11-9-36(10-12-37)27-8-2-19(16-31)17-32-27/h1-2,5-8,13,15,17,20,33H,3-4,9-12,14H2,(H,35,38). The molecule has 2 fully saturated rings. The van der Waals surface area contributed by atoms with E-state index in [4.69, 9.17) is 5.26 Å². The number of carbonyl (C=O) groups is 1. The molecule has 196 valence electrons. The zero-order valence-corrected chi connectivity index (χ0v) is 21.2. The van der Waals surface area contributed by atoms with Crippen molar-refractivity contribution in [3.05, 3.63) is 93.3 Å². The van der Waals surface area contributed by atoms with Crippen molar-refractivity contribution in [2.75, 3.05) is 36.4 Å².